The second-order valence-electron chi connectivity index (χ2n) is 2.15. The van der Waals surface area contributed by atoms with Gasteiger partial charge in [-0.3, -0.25) is 10.2 Å². The maximum Gasteiger partial charge on any atom is 0.439 e. The molecule has 0 aromatic rings. The number of carbonyl (C=O) groups is 1. The van der Waals surface area contributed by atoms with E-state index in [4.69, 9.17) is 16.2 Å². The maximum absolute atomic E-state index is 10.3. The van der Waals surface area contributed by atoms with Gasteiger partial charge in [-0.1, -0.05) is 13.3 Å². The van der Waals surface area contributed by atoms with Gasteiger partial charge in [0, 0.05) is 0 Å². The fourth-order valence-corrected chi connectivity index (χ4v) is 0.528. The number of carboxylic acid groups (broad SMARTS) is 1. The van der Waals surface area contributed by atoms with Crippen LogP contribution in [0.3, 0.4) is 0 Å². The highest BCUT2D eigenvalue weighted by Crippen LogP contribution is 1.94. The summed E-state index contributed by atoms with van der Waals surface area (Å²) >= 11 is 0. The van der Waals surface area contributed by atoms with Crippen molar-refractivity contribution in [3.63, 3.8) is 0 Å². The van der Waals surface area contributed by atoms with Gasteiger partial charge in [-0.15, -0.1) is 5.06 Å². The molecule has 0 radical (unpaired) electrons. The third-order valence-electron chi connectivity index (χ3n) is 1.11. The lowest BCUT2D eigenvalue weighted by Gasteiger charge is -2.15. The summed E-state index contributed by atoms with van der Waals surface area (Å²) in [4.78, 5) is 15.0. The lowest BCUT2D eigenvalue weighted by atomic mass is 10.4. The van der Waals surface area contributed by atoms with E-state index in [1.165, 1.54) is 0 Å². The van der Waals surface area contributed by atoms with E-state index in [1.54, 1.807) is 0 Å². The van der Waals surface area contributed by atoms with Crippen molar-refractivity contribution in [3.05, 3.63) is 0 Å². The third-order valence-corrected chi connectivity index (χ3v) is 1.11. The van der Waals surface area contributed by atoms with Gasteiger partial charge in [0.15, 0.2) is 0 Å². The highest BCUT2D eigenvalue weighted by molar-refractivity contribution is 5.88. The summed E-state index contributed by atoms with van der Waals surface area (Å²) in [5.41, 5.74) is 4.92. The van der Waals surface area contributed by atoms with Crippen molar-refractivity contribution in [3.8, 4) is 0 Å². The van der Waals surface area contributed by atoms with Gasteiger partial charge in [0.25, 0.3) is 0 Å². The zero-order chi connectivity index (χ0) is 9.56. The quantitative estimate of drug-likeness (QED) is 0.252. The van der Waals surface area contributed by atoms with Crippen molar-refractivity contribution in [1.82, 2.24) is 5.06 Å². The number of guanidine groups is 1. The predicted octanol–water partition coefficient (Wildman–Crippen LogP) is 0.592. The van der Waals surface area contributed by atoms with Gasteiger partial charge in [-0.05, 0) is 6.42 Å². The second-order valence-corrected chi connectivity index (χ2v) is 2.15. The third kappa shape index (κ3) is 3.77. The Bertz CT molecular complexity index is 157. The molecule has 12 heavy (non-hydrogen) atoms. The minimum atomic E-state index is -1.38. The molecule has 0 aliphatic heterocycles. The summed E-state index contributed by atoms with van der Waals surface area (Å²) < 4.78 is 0. The first-order valence-electron chi connectivity index (χ1n) is 3.59. The van der Waals surface area contributed by atoms with Gasteiger partial charge >= 0.3 is 6.09 Å². The van der Waals surface area contributed by atoms with Crippen molar-refractivity contribution < 1.29 is 14.7 Å². The van der Waals surface area contributed by atoms with Gasteiger partial charge in [0.05, 0.1) is 6.61 Å². The van der Waals surface area contributed by atoms with Crippen LogP contribution in [0.5, 0.6) is 0 Å². The highest BCUT2D eigenvalue weighted by atomic mass is 16.7. The molecule has 0 fully saturated rings. The fraction of sp³-hybridized carbons (Fsp3) is 0.667. The summed E-state index contributed by atoms with van der Waals surface area (Å²) in [5, 5.41) is 15.6. The first-order valence-corrected chi connectivity index (χ1v) is 3.59. The molecule has 0 unspecified atom stereocenters. The molecular formula is C6H13N3O3. The fourth-order valence-electron chi connectivity index (χ4n) is 0.528. The number of amides is 1. The second kappa shape index (κ2) is 5.36. The molecule has 0 bridgehead atoms. The van der Waals surface area contributed by atoms with E-state index in [-0.39, 0.29) is 6.61 Å². The maximum atomic E-state index is 10.3. The van der Waals surface area contributed by atoms with Crippen LogP contribution >= 0.6 is 0 Å². The normalized spacial score (nSPS) is 9.42. The molecule has 0 aromatic carbocycles. The van der Waals surface area contributed by atoms with Crippen LogP contribution in [0.15, 0.2) is 0 Å². The molecule has 1 amide bonds. The van der Waals surface area contributed by atoms with E-state index in [9.17, 15) is 4.79 Å². The van der Waals surface area contributed by atoms with Gasteiger partial charge in [0.1, 0.15) is 0 Å². The molecule has 6 heteroatoms. The molecule has 0 aliphatic rings. The number of hydroxylamine groups is 2. The minimum absolute atomic E-state index is 0.252. The van der Waals surface area contributed by atoms with Crippen LogP contribution in [0, 0.1) is 5.41 Å². The average Bonchev–Trinajstić information content (AvgIpc) is 1.96. The molecule has 0 atom stereocenters. The minimum Gasteiger partial charge on any atom is -0.463 e. The van der Waals surface area contributed by atoms with E-state index in [0.717, 1.165) is 12.8 Å². The molecule has 0 saturated carbocycles. The van der Waals surface area contributed by atoms with Crippen LogP contribution in [0.25, 0.3) is 0 Å². The van der Waals surface area contributed by atoms with Crippen LogP contribution in [-0.2, 0) is 4.84 Å². The molecule has 0 spiro atoms. The standard InChI is InChI=1S/C6H13N3O3/c1-2-3-4-12-9(5(7)8)6(10)11/h2-4H2,1H3,(H3,7,8)(H,10,11). The largest absolute Gasteiger partial charge is 0.463 e. The Morgan fingerprint density at radius 1 is 1.75 bits per heavy atom. The molecule has 0 rings (SSSR count). The summed E-state index contributed by atoms with van der Waals surface area (Å²) in [6.07, 6.45) is 0.251. The number of nitrogens with one attached hydrogen (secondary N) is 1. The van der Waals surface area contributed by atoms with Crippen molar-refractivity contribution in [2.24, 2.45) is 5.73 Å². The van der Waals surface area contributed by atoms with Gasteiger partial charge in [-0.2, -0.15) is 0 Å². The monoisotopic (exact) mass is 175 g/mol. The zero-order valence-electron chi connectivity index (χ0n) is 6.91. The van der Waals surface area contributed by atoms with E-state index in [0.29, 0.717) is 5.06 Å². The Kier molecular flexibility index (Phi) is 4.78. The van der Waals surface area contributed by atoms with Crippen LogP contribution in [0.1, 0.15) is 19.8 Å². The Morgan fingerprint density at radius 2 is 2.33 bits per heavy atom. The lowest BCUT2D eigenvalue weighted by molar-refractivity contribution is -0.0793. The van der Waals surface area contributed by atoms with Crippen molar-refractivity contribution in [2.45, 2.75) is 19.8 Å². The Morgan fingerprint density at radius 3 is 2.67 bits per heavy atom. The Labute approximate surface area is 70.4 Å². The SMILES string of the molecule is CCCCON(C(=N)N)C(=O)O. The highest BCUT2D eigenvalue weighted by Gasteiger charge is 2.14. The first kappa shape index (κ1) is 10.7. The molecular weight excluding hydrogens is 162 g/mol. The van der Waals surface area contributed by atoms with E-state index >= 15 is 0 Å². The van der Waals surface area contributed by atoms with Crippen LogP contribution in [0.4, 0.5) is 4.79 Å². The first-order chi connectivity index (χ1) is 5.59. The summed E-state index contributed by atoms with van der Waals surface area (Å²) in [7, 11) is 0. The smallest absolute Gasteiger partial charge is 0.439 e. The van der Waals surface area contributed by atoms with Gasteiger partial charge in [0.2, 0.25) is 5.96 Å². The summed E-state index contributed by atoms with van der Waals surface area (Å²) in [5.74, 6) is -0.626. The van der Waals surface area contributed by atoms with E-state index < -0.39 is 12.1 Å². The lowest BCUT2D eigenvalue weighted by Crippen LogP contribution is -2.40. The number of unbranched alkanes of at least 4 members (excludes halogenated alkanes) is 1. The zero-order valence-corrected chi connectivity index (χ0v) is 6.91. The topological polar surface area (TPSA) is 99.6 Å². The molecule has 0 aromatic heterocycles. The number of hydrogen-bond donors (Lipinski definition) is 3. The van der Waals surface area contributed by atoms with E-state index in [1.807, 2.05) is 6.92 Å². The van der Waals surface area contributed by atoms with Crippen molar-refractivity contribution in [1.29, 1.82) is 5.41 Å². The Balaban J connectivity index is 3.80. The van der Waals surface area contributed by atoms with Gasteiger partial charge in [-0.25, -0.2) is 4.79 Å². The summed E-state index contributed by atoms with van der Waals surface area (Å²) in [6.45, 7) is 2.20. The molecule has 6 nitrogen and oxygen atoms in total. The molecule has 0 aliphatic carbocycles. The van der Waals surface area contributed by atoms with Gasteiger partial charge < -0.3 is 10.8 Å². The summed E-state index contributed by atoms with van der Waals surface area (Å²) in [6, 6.07) is 0. The number of nitrogens with zero attached hydrogens (tertiary/aromatic N) is 1. The van der Waals surface area contributed by atoms with Crippen LogP contribution in [0.2, 0.25) is 0 Å². The predicted molar refractivity (Wildman–Crippen MR) is 42.6 cm³/mol. The van der Waals surface area contributed by atoms with Crippen molar-refractivity contribution in [2.75, 3.05) is 6.61 Å². The number of rotatable bonds is 4. The molecule has 0 heterocycles. The van der Waals surface area contributed by atoms with E-state index in [2.05, 4.69) is 4.84 Å². The average molecular weight is 175 g/mol. The number of hydrogen-bond acceptors (Lipinski definition) is 3. The molecule has 0 saturated heterocycles. The molecule has 70 valence electrons. The van der Waals surface area contributed by atoms with Crippen LogP contribution < -0.4 is 5.73 Å². The van der Waals surface area contributed by atoms with Crippen molar-refractivity contribution >= 4 is 12.1 Å². The Hall–Kier alpha value is -1.30. The number of nitrogens with two attached hydrogens (primary N) is 1. The molecule has 4 N–H and O–H groups in total. The van der Waals surface area contributed by atoms with Crippen LogP contribution in [-0.4, -0.2) is 28.8 Å².